The van der Waals surface area contributed by atoms with Gasteiger partial charge >= 0.3 is 0 Å². The highest BCUT2D eigenvalue weighted by Crippen LogP contribution is 2.29. The highest BCUT2D eigenvalue weighted by molar-refractivity contribution is 6.31. The van der Waals surface area contributed by atoms with Crippen LogP contribution in [0, 0.1) is 0 Å². The Labute approximate surface area is 133 Å². The van der Waals surface area contributed by atoms with Crippen molar-refractivity contribution in [1.29, 1.82) is 0 Å². The van der Waals surface area contributed by atoms with E-state index in [2.05, 4.69) is 0 Å². The summed E-state index contributed by atoms with van der Waals surface area (Å²) in [5, 5.41) is 10.5. The topological polar surface area (TPSA) is 49.8 Å². The van der Waals surface area contributed by atoms with Gasteiger partial charge in [-0.25, -0.2) is 0 Å². The van der Waals surface area contributed by atoms with E-state index in [0.717, 1.165) is 5.56 Å². The molecule has 0 radical (unpaired) electrons. The zero-order valence-corrected chi connectivity index (χ0v) is 12.7. The van der Waals surface area contributed by atoms with Crippen molar-refractivity contribution in [2.75, 3.05) is 19.7 Å². The van der Waals surface area contributed by atoms with Gasteiger partial charge in [0, 0.05) is 17.1 Å². The van der Waals surface area contributed by atoms with Crippen LogP contribution in [0.3, 0.4) is 0 Å². The van der Waals surface area contributed by atoms with Gasteiger partial charge < -0.3 is 14.7 Å². The summed E-state index contributed by atoms with van der Waals surface area (Å²) in [5.41, 5.74) is 1.18. The highest BCUT2D eigenvalue weighted by Gasteiger charge is 2.28. The van der Waals surface area contributed by atoms with E-state index in [9.17, 15) is 9.90 Å². The number of amides is 1. The number of hydrogen-bond acceptors (Lipinski definition) is 3. The fraction of sp³-hybridized carbons (Fsp3) is 0.235. The Kier molecular flexibility index (Phi) is 4.32. The second-order valence-corrected chi connectivity index (χ2v) is 5.56. The third-order valence-electron chi connectivity index (χ3n) is 3.74. The third kappa shape index (κ3) is 2.93. The lowest BCUT2D eigenvalue weighted by Gasteiger charge is -2.33. The summed E-state index contributed by atoms with van der Waals surface area (Å²) in [4.78, 5) is 14.2. The van der Waals surface area contributed by atoms with Crippen molar-refractivity contribution in [3.05, 3.63) is 64.7 Å². The number of morpholine rings is 1. The Morgan fingerprint density at radius 1 is 1.18 bits per heavy atom. The molecule has 3 rings (SSSR count). The Morgan fingerprint density at radius 2 is 1.91 bits per heavy atom. The van der Waals surface area contributed by atoms with Crippen molar-refractivity contribution < 1.29 is 14.6 Å². The normalized spacial score (nSPS) is 18.2. The van der Waals surface area contributed by atoms with Gasteiger partial charge in [0.25, 0.3) is 5.91 Å². The van der Waals surface area contributed by atoms with E-state index in [0.29, 0.717) is 30.3 Å². The van der Waals surface area contributed by atoms with Crippen molar-refractivity contribution >= 4 is 17.5 Å². The summed E-state index contributed by atoms with van der Waals surface area (Å²) in [6.45, 7) is 1.35. The van der Waals surface area contributed by atoms with Crippen molar-refractivity contribution in [1.82, 2.24) is 4.90 Å². The largest absolute Gasteiger partial charge is 0.507 e. The van der Waals surface area contributed by atoms with Crippen LogP contribution < -0.4 is 0 Å². The molecule has 114 valence electrons. The van der Waals surface area contributed by atoms with Gasteiger partial charge in [0.15, 0.2) is 0 Å². The zero-order valence-electron chi connectivity index (χ0n) is 11.9. The first-order valence-electron chi connectivity index (χ1n) is 7.10. The van der Waals surface area contributed by atoms with E-state index in [1.54, 1.807) is 23.1 Å². The summed E-state index contributed by atoms with van der Waals surface area (Å²) in [7, 11) is 0. The van der Waals surface area contributed by atoms with Crippen LogP contribution >= 0.6 is 11.6 Å². The molecule has 1 fully saturated rings. The smallest absolute Gasteiger partial charge is 0.257 e. The molecule has 0 bridgehead atoms. The average Bonchev–Trinajstić information content (AvgIpc) is 2.55. The maximum absolute atomic E-state index is 12.6. The number of hydrogen-bond donors (Lipinski definition) is 1. The molecule has 2 aromatic carbocycles. The maximum Gasteiger partial charge on any atom is 0.257 e. The fourth-order valence-electron chi connectivity index (χ4n) is 2.58. The highest BCUT2D eigenvalue weighted by atomic mass is 35.5. The molecule has 0 unspecified atom stereocenters. The Bertz CT molecular complexity index is 689. The van der Waals surface area contributed by atoms with E-state index in [1.165, 1.54) is 6.07 Å². The lowest BCUT2D eigenvalue weighted by atomic mass is 10.1. The molecule has 0 saturated carbocycles. The number of halogens is 1. The maximum atomic E-state index is 12.6. The van der Waals surface area contributed by atoms with Crippen molar-refractivity contribution in [3.63, 3.8) is 0 Å². The number of aromatic hydroxyl groups is 1. The van der Waals surface area contributed by atoms with Crippen LogP contribution in [-0.2, 0) is 4.74 Å². The number of ether oxygens (including phenoxy) is 1. The molecule has 1 atom stereocenters. The molecule has 22 heavy (non-hydrogen) atoms. The molecule has 1 amide bonds. The van der Waals surface area contributed by atoms with Crippen LogP contribution in [0.4, 0.5) is 0 Å². The summed E-state index contributed by atoms with van der Waals surface area (Å²) in [5.74, 6) is -0.202. The summed E-state index contributed by atoms with van der Waals surface area (Å²) < 4.78 is 5.75. The summed E-state index contributed by atoms with van der Waals surface area (Å²) in [6.07, 6.45) is -0.253. The van der Waals surface area contributed by atoms with Crippen molar-refractivity contribution in [2.24, 2.45) is 0 Å². The molecular formula is C17H16ClNO3. The average molecular weight is 318 g/mol. The molecule has 2 aromatic rings. The molecular weight excluding hydrogens is 302 g/mol. The first-order valence-corrected chi connectivity index (χ1v) is 7.48. The number of rotatable bonds is 2. The molecule has 0 aromatic heterocycles. The van der Waals surface area contributed by atoms with Gasteiger partial charge in [-0.15, -0.1) is 0 Å². The van der Waals surface area contributed by atoms with Gasteiger partial charge in [0.2, 0.25) is 0 Å². The molecule has 1 N–H and O–H groups in total. The first-order chi connectivity index (χ1) is 10.7. The molecule has 5 heteroatoms. The zero-order chi connectivity index (χ0) is 15.5. The van der Waals surface area contributed by atoms with E-state index >= 15 is 0 Å². The predicted molar refractivity (Wildman–Crippen MR) is 84.2 cm³/mol. The Balaban J connectivity index is 1.80. The van der Waals surface area contributed by atoms with Crippen LogP contribution in [0.2, 0.25) is 5.02 Å². The Hall–Kier alpha value is -2.04. The number of nitrogens with zero attached hydrogens (tertiary/aromatic N) is 1. The van der Waals surface area contributed by atoms with Gasteiger partial charge in [-0.1, -0.05) is 41.9 Å². The lowest BCUT2D eigenvalue weighted by Crippen LogP contribution is -2.42. The molecule has 0 spiro atoms. The van der Waals surface area contributed by atoms with E-state index in [-0.39, 0.29) is 17.8 Å². The Morgan fingerprint density at radius 3 is 2.68 bits per heavy atom. The third-order valence-corrected chi connectivity index (χ3v) is 4.08. The van der Waals surface area contributed by atoms with Crippen molar-refractivity contribution in [3.8, 4) is 5.75 Å². The van der Waals surface area contributed by atoms with Gasteiger partial charge in [-0.05, 0) is 18.2 Å². The minimum Gasteiger partial charge on any atom is -0.507 e. The molecule has 1 aliphatic rings. The lowest BCUT2D eigenvalue weighted by molar-refractivity contribution is -0.0228. The number of phenols is 1. The minimum atomic E-state index is -0.253. The second kappa shape index (κ2) is 6.38. The molecule has 1 aliphatic heterocycles. The van der Waals surface area contributed by atoms with Gasteiger partial charge in [-0.2, -0.15) is 0 Å². The van der Waals surface area contributed by atoms with E-state index < -0.39 is 0 Å². The van der Waals surface area contributed by atoms with Gasteiger partial charge in [0.1, 0.15) is 11.9 Å². The van der Waals surface area contributed by atoms with E-state index in [1.807, 2.05) is 24.3 Å². The van der Waals surface area contributed by atoms with Crippen LogP contribution in [0.25, 0.3) is 0 Å². The fourth-order valence-corrected chi connectivity index (χ4v) is 2.84. The van der Waals surface area contributed by atoms with Crippen LogP contribution in [0.15, 0.2) is 48.5 Å². The second-order valence-electron chi connectivity index (χ2n) is 5.15. The first kappa shape index (κ1) is 14.9. The van der Waals surface area contributed by atoms with Gasteiger partial charge in [-0.3, -0.25) is 4.79 Å². The van der Waals surface area contributed by atoms with Crippen LogP contribution in [0.1, 0.15) is 22.0 Å². The predicted octanol–water partition coefficient (Wildman–Crippen LogP) is 3.26. The standard InChI is InChI=1S/C17H16ClNO3/c18-14-7-3-1-5-12(14)16-11-19(9-10-22-16)17(21)13-6-2-4-8-15(13)20/h1-8,16,20H,9-11H2/t16-/m1/s1. The van der Waals surface area contributed by atoms with Crippen LogP contribution in [0.5, 0.6) is 5.75 Å². The monoisotopic (exact) mass is 317 g/mol. The minimum absolute atomic E-state index is 0.00622. The summed E-state index contributed by atoms with van der Waals surface area (Å²) >= 11 is 6.20. The van der Waals surface area contributed by atoms with Gasteiger partial charge in [0.05, 0.1) is 18.7 Å². The number of carbonyl (C=O) groups excluding carboxylic acids is 1. The molecule has 1 heterocycles. The number of phenolic OH excluding ortho intramolecular Hbond substituents is 1. The quantitative estimate of drug-likeness (QED) is 0.925. The molecule has 4 nitrogen and oxygen atoms in total. The number of benzene rings is 2. The molecule has 0 aliphatic carbocycles. The van der Waals surface area contributed by atoms with Crippen LogP contribution in [-0.4, -0.2) is 35.6 Å². The molecule has 1 saturated heterocycles. The summed E-state index contributed by atoms with van der Waals surface area (Å²) in [6, 6.07) is 14.0. The van der Waals surface area contributed by atoms with Crippen molar-refractivity contribution in [2.45, 2.75) is 6.10 Å². The van der Waals surface area contributed by atoms with E-state index in [4.69, 9.17) is 16.3 Å². The number of carbonyl (C=O) groups is 1. The number of para-hydroxylation sites is 1. The SMILES string of the molecule is O=C(c1ccccc1O)N1CCO[C@@H](c2ccccc2Cl)C1.